The van der Waals surface area contributed by atoms with Gasteiger partial charge in [-0.05, 0) is 19.3 Å². The summed E-state index contributed by atoms with van der Waals surface area (Å²) in [7, 11) is 0. The molecule has 0 aliphatic rings. The van der Waals surface area contributed by atoms with Crippen molar-refractivity contribution in [2.75, 3.05) is 19.6 Å². The van der Waals surface area contributed by atoms with E-state index in [0.717, 1.165) is 0 Å². The van der Waals surface area contributed by atoms with Gasteiger partial charge in [0.05, 0.1) is 5.92 Å². The van der Waals surface area contributed by atoms with Crippen molar-refractivity contribution < 1.29 is 27.9 Å². The number of hydrogen-bond acceptors (Lipinski definition) is 2. The topological polar surface area (TPSA) is 69.6 Å². The number of rotatable bonds is 8. The third-order valence-electron chi connectivity index (χ3n) is 2.66. The number of nitrogens with one attached hydrogen (secondary N) is 1. The molecule has 1 atom stereocenters. The van der Waals surface area contributed by atoms with Crippen molar-refractivity contribution in [3.63, 3.8) is 0 Å². The fraction of sp³-hybridized carbons (Fsp3) is 0.833. The van der Waals surface area contributed by atoms with Crippen LogP contribution in [0.3, 0.4) is 0 Å². The monoisotopic (exact) mass is 298 g/mol. The first-order chi connectivity index (χ1) is 9.17. The van der Waals surface area contributed by atoms with Gasteiger partial charge in [-0.2, -0.15) is 13.2 Å². The molecule has 1 unspecified atom stereocenters. The van der Waals surface area contributed by atoms with E-state index >= 15 is 0 Å². The van der Waals surface area contributed by atoms with Crippen LogP contribution in [0.15, 0.2) is 0 Å². The van der Waals surface area contributed by atoms with Gasteiger partial charge in [0, 0.05) is 13.1 Å². The highest BCUT2D eigenvalue weighted by Crippen LogP contribution is 2.16. The van der Waals surface area contributed by atoms with Gasteiger partial charge in [0.2, 0.25) is 0 Å². The van der Waals surface area contributed by atoms with Crippen LogP contribution >= 0.6 is 0 Å². The Kier molecular flexibility index (Phi) is 8.02. The van der Waals surface area contributed by atoms with Crippen molar-refractivity contribution in [1.82, 2.24) is 10.2 Å². The number of nitrogens with zero attached hydrogens (tertiary/aromatic N) is 1. The van der Waals surface area contributed by atoms with Crippen LogP contribution in [0, 0.1) is 5.92 Å². The SMILES string of the molecule is CCCN(CC(F)(F)F)C(=O)NCCCC(C)C(=O)O. The van der Waals surface area contributed by atoms with Crippen LogP contribution in [0.5, 0.6) is 0 Å². The van der Waals surface area contributed by atoms with E-state index in [2.05, 4.69) is 5.32 Å². The van der Waals surface area contributed by atoms with Gasteiger partial charge in [-0.25, -0.2) is 4.79 Å². The van der Waals surface area contributed by atoms with Crippen molar-refractivity contribution in [3.05, 3.63) is 0 Å². The van der Waals surface area contributed by atoms with Crippen LogP contribution in [0.25, 0.3) is 0 Å². The minimum Gasteiger partial charge on any atom is -0.481 e. The second kappa shape index (κ2) is 8.65. The Hall–Kier alpha value is -1.47. The molecule has 0 aliphatic carbocycles. The lowest BCUT2D eigenvalue weighted by Gasteiger charge is -2.23. The van der Waals surface area contributed by atoms with Crippen molar-refractivity contribution in [3.8, 4) is 0 Å². The van der Waals surface area contributed by atoms with Crippen molar-refractivity contribution in [1.29, 1.82) is 0 Å². The molecule has 0 saturated heterocycles. The summed E-state index contributed by atoms with van der Waals surface area (Å²) in [6.45, 7) is 2.13. The zero-order chi connectivity index (χ0) is 15.8. The summed E-state index contributed by atoms with van der Waals surface area (Å²) in [5.74, 6) is -1.46. The van der Waals surface area contributed by atoms with Gasteiger partial charge in [0.1, 0.15) is 6.54 Å². The lowest BCUT2D eigenvalue weighted by molar-refractivity contribution is -0.141. The Bertz CT molecular complexity index is 322. The molecule has 8 heteroatoms. The van der Waals surface area contributed by atoms with Gasteiger partial charge in [0.15, 0.2) is 0 Å². The summed E-state index contributed by atoms with van der Waals surface area (Å²) >= 11 is 0. The second-order valence-corrected chi connectivity index (χ2v) is 4.65. The summed E-state index contributed by atoms with van der Waals surface area (Å²) in [6, 6.07) is -0.771. The number of aliphatic carboxylic acids is 1. The molecule has 20 heavy (non-hydrogen) atoms. The van der Waals surface area contributed by atoms with Crippen LogP contribution in [0.1, 0.15) is 33.1 Å². The molecule has 2 amide bonds. The minimum absolute atomic E-state index is 0.0247. The fourth-order valence-corrected chi connectivity index (χ4v) is 1.58. The van der Waals surface area contributed by atoms with Gasteiger partial charge in [-0.15, -0.1) is 0 Å². The van der Waals surface area contributed by atoms with E-state index in [1.54, 1.807) is 6.92 Å². The number of carbonyl (C=O) groups excluding carboxylic acids is 1. The molecule has 0 aromatic carbocycles. The molecule has 0 heterocycles. The maximum Gasteiger partial charge on any atom is 0.406 e. The molecule has 2 N–H and O–H groups in total. The first-order valence-corrected chi connectivity index (χ1v) is 6.49. The number of amides is 2. The average Bonchev–Trinajstić information content (AvgIpc) is 2.31. The van der Waals surface area contributed by atoms with E-state index in [1.807, 2.05) is 0 Å². The molecule has 0 radical (unpaired) electrons. The van der Waals surface area contributed by atoms with E-state index in [0.29, 0.717) is 24.2 Å². The molecule has 0 bridgehead atoms. The summed E-state index contributed by atoms with van der Waals surface area (Å²) in [4.78, 5) is 22.9. The Labute approximate surface area is 116 Å². The van der Waals surface area contributed by atoms with Crippen molar-refractivity contribution in [2.45, 2.75) is 39.3 Å². The maximum atomic E-state index is 12.3. The third kappa shape index (κ3) is 8.60. The van der Waals surface area contributed by atoms with Crippen LogP contribution in [-0.4, -0.2) is 47.8 Å². The van der Waals surface area contributed by atoms with Gasteiger partial charge < -0.3 is 15.3 Å². The largest absolute Gasteiger partial charge is 0.481 e. The molecule has 5 nitrogen and oxygen atoms in total. The fourth-order valence-electron chi connectivity index (χ4n) is 1.58. The first-order valence-electron chi connectivity index (χ1n) is 6.49. The molecule has 0 spiro atoms. The molecule has 0 aliphatic heterocycles. The number of urea groups is 1. The molecule has 0 aromatic rings. The first kappa shape index (κ1) is 18.5. The normalized spacial score (nSPS) is 12.8. The highest BCUT2D eigenvalue weighted by atomic mass is 19.4. The highest BCUT2D eigenvalue weighted by molar-refractivity contribution is 5.74. The molecular formula is C12H21F3N2O3. The number of carboxylic acid groups (broad SMARTS) is 1. The second-order valence-electron chi connectivity index (χ2n) is 4.65. The van der Waals surface area contributed by atoms with E-state index in [-0.39, 0.29) is 13.1 Å². The maximum absolute atomic E-state index is 12.3. The Morgan fingerprint density at radius 1 is 1.35 bits per heavy atom. The summed E-state index contributed by atoms with van der Waals surface area (Å²) in [5.41, 5.74) is 0. The Morgan fingerprint density at radius 3 is 2.40 bits per heavy atom. The van der Waals surface area contributed by atoms with Gasteiger partial charge in [0.25, 0.3) is 0 Å². The number of carboxylic acids is 1. The number of halogens is 3. The van der Waals surface area contributed by atoms with E-state index in [1.165, 1.54) is 6.92 Å². The molecule has 0 saturated carbocycles. The zero-order valence-corrected chi connectivity index (χ0v) is 11.7. The Morgan fingerprint density at radius 2 is 1.95 bits per heavy atom. The van der Waals surface area contributed by atoms with Gasteiger partial charge in [-0.3, -0.25) is 4.79 Å². The lowest BCUT2D eigenvalue weighted by Crippen LogP contribution is -2.45. The van der Waals surface area contributed by atoms with Crippen LogP contribution in [0.2, 0.25) is 0 Å². The predicted molar refractivity (Wildman–Crippen MR) is 67.4 cm³/mol. The molecular weight excluding hydrogens is 277 g/mol. The van der Waals surface area contributed by atoms with Crippen molar-refractivity contribution in [2.24, 2.45) is 5.92 Å². The number of carbonyl (C=O) groups is 2. The predicted octanol–water partition coefficient (Wildman–Crippen LogP) is 2.47. The lowest BCUT2D eigenvalue weighted by atomic mass is 10.1. The molecule has 118 valence electrons. The van der Waals surface area contributed by atoms with Gasteiger partial charge in [-0.1, -0.05) is 13.8 Å². The molecule has 0 fully saturated rings. The van der Waals surface area contributed by atoms with E-state index in [9.17, 15) is 22.8 Å². The zero-order valence-electron chi connectivity index (χ0n) is 11.7. The number of alkyl halides is 3. The summed E-state index contributed by atoms with van der Waals surface area (Å²) in [5, 5.41) is 11.0. The molecule has 0 rings (SSSR count). The van der Waals surface area contributed by atoms with Crippen LogP contribution < -0.4 is 5.32 Å². The average molecular weight is 298 g/mol. The van der Waals surface area contributed by atoms with Crippen molar-refractivity contribution >= 4 is 12.0 Å². The summed E-state index contributed by atoms with van der Waals surface area (Å²) < 4.78 is 36.9. The van der Waals surface area contributed by atoms with Gasteiger partial charge >= 0.3 is 18.2 Å². The highest BCUT2D eigenvalue weighted by Gasteiger charge is 2.32. The smallest absolute Gasteiger partial charge is 0.406 e. The van der Waals surface area contributed by atoms with E-state index in [4.69, 9.17) is 5.11 Å². The van der Waals surface area contributed by atoms with E-state index < -0.39 is 30.6 Å². The third-order valence-corrected chi connectivity index (χ3v) is 2.66. The quantitative estimate of drug-likeness (QED) is 0.676. The summed E-state index contributed by atoms with van der Waals surface area (Å²) in [6.07, 6.45) is -3.22. The minimum atomic E-state index is -4.43. The van der Waals surface area contributed by atoms with Crippen LogP contribution in [-0.2, 0) is 4.79 Å². The van der Waals surface area contributed by atoms with Crippen LogP contribution in [0.4, 0.5) is 18.0 Å². The standard InChI is InChI=1S/C12H21F3N2O3/c1-3-7-17(8-12(13,14)15)11(20)16-6-4-5-9(2)10(18)19/h9H,3-8H2,1-2H3,(H,16,20)(H,18,19). The number of hydrogen-bond donors (Lipinski definition) is 2. The molecule has 0 aromatic heterocycles. The Balaban J connectivity index is 4.11.